The molecular formula is C9H10N2. The minimum atomic E-state index is 1.14. The van der Waals surface area contributed by atoms with Gasteiger partial charge in [-0.15, -0.1) is 0 Å². The van der Waals surface area contributed by atoms with Crippen LogP contribution in [0.1, 0.15) is 6.42 Å². The molecule has 2 rings (SSSR count). The van der Waals surface area contributed by atoms with E-state index in [0.717, 1.165) is 6.42 Å². The summed E-state index contributed by atoms with van der Waals surface area (Å²) in [6.45, 7) is 0. The molecule has 0 fully saturated rings. The average Bonchev–Trinajstić information content (AvgIpc) is 2.64. The van der Waals surface area contributed by atoms with E-state index in [1.165, 1.54) is 0 Å². The molecular weight excluding hydrogens is 136 g/mol. The van der Waals surface area contributed by atoms with Gasteiger partial charge in [0.25, 0.3) is 0 Å². The van der Waals surface area contributed by atoms with Crippen LogP contribution in [0, 0.1) is 0 Å². The Hall–Kier alpha value is -1.44. The van der Waals surface area contributed by atoms with Crippen molar-refractivity contribution in [2.24, 2.45) is 0 Å². The van der Waals surface area contributed by atoms with Crippen LogP contribution in [0.3, 0.4) is 0 Å². The lowest BCUT2D eigenvalue weighted by Gasteiger charge is -1.70. The fourth-order valence-corrected chi connectivity index (χ4v) is 0.646. The minimum absolute atomic E-state index is 1.14. The van der Waals surface area contributed by atoms with Crippen molar-refractivity contribution in [3.63, 3.8) is 0 Å². The van der Waals surface area contributed by atoms with Gasteiger partial charge >= 0.3 is 0 Å². The maximum absolute atomic E-state index is 3.72. The van der Waals surface area contributed by atoms with Gasteiger partial charge in [-0.1, -0.05) is 24.3 Å². The Bertz CT molecular complexity index is 190. The van der Waals surface area contributed by atoms with E-state index in [2.05, 4.69) is 34.3 Å². The van der Waals surface area contributed by atoms with Crippen LogP contribution in [-0.2, 0) is 0 Å². The molecule has 2 heteroatoms. The quantitative estimate of drug-likeness (QED) is 0.559. The number of allylic oxidation sites excluding steroid dienone is 4. The Labute approximate surface area is 66.3 Å². The van der Waals surface area contributed by atoms with Gasteiger partial charge in [0, 0.05) is 24.8 Å². The van der Waals surface area contributed by atoms with Crippen molar-refractivity contribution in [2.75, 3.05) is 0 Å². The number of aromatic nitrogens is 2. The van der Waals surface area contributed by atoms with Gasteiger partial charge in [-0.05, 0) is 6.42 Å². The molecule has 0 spiro atoms. The van der Waals surface area contributed by atoms with Crippen molar-refractivity contribution in [1.82, 2.24) is 9.97 Å². The molecule has 1 aromatic heterocycles. The summed E-state index contributed by atoms with van der Waals surface area (Å²) in [6, 6.07) is 0. The standard InChI is InChI=1S/C5H6.C4H4N2/c1-2-4-5-3-1;1-2-6-4-3-5-1/h1-4H,5H2;1-4H. The van der Waals surface area contributed by atoms with Crippen LogP contribution in [0.4, 0.5) is 0 Å². The summed E-state index contributed by atoms with van der Waals surface area (Å²) in [4.78, 5) is 7.44. The second kappa shape index (κ2) is 5.35. The first-order chi connectivity index (χ1) is 5.50. The molecule has 11 heavy (non-hydrogen) atoms. The normalized spacial score (nSPS) is 12.4. The van der Waals surface area contributed by atoms with Crippen LogP contribution in [-0.4, -0.2) is 9.97 Å². The van der Waals surface area contributed by atoms with Crippen LogP contribution in [0.2, 0.25) is 0 Å². The lowest BCUT2D eigenvalue weighted by atomic mass is 10.5. The molecule has 0 bridgehead atoms. The zero-order valence-corrected chi connectivity index (χ0v) is 6.22. The highest BCUT2D eigenvalue weighted by molar-refractivity contribution is 5.11. The Morgan fingerprint density at radius 1 is 0.727 bits per heavy atom. The number of nitrogens with zero attached hydrogens (tertiary/aromatic N) is 2. The van der Waals surface area contributed by atoms with Crippen LogP contribution in [0.25, 0.3) is 0 Å². The lowest BCUT2D eigenvalue weighted by molar-refractivity contribution is 1.20. The van der Waals surface area contributed by atoms with Gasteiger partial charge in [0.05, 0.1) is 0 Å². The van der Waals surface area contributed by atoms with E-state index in [9.17, 15) is 0 Å². The second-order valence-electron chi connectivity index (χ2n) is 1.99. The first-order valence-electron chi connectivity index (χ1n) is 3.52. The largest absolute Gasteiger partial charge is 0.262 e. The highest BCUT2D eigenvalue weighted by Crippen LogP contribution is 1.93. The monoisotopic (exact) mass is 146 g/mol. The SMILES string of the molecule is C1=CCC=C1.c1cnccn1. The third-order valence-corrected chi connectivity index (χ3v) is 1.13. The summed E-state index contributed by atoms with van der Waals surface area (Å²) < 4.78 is 0. The van der Waals surface area contributed by atoms with Gasteiger partial charge in [0.1, 0.15) is 0 Å². The number of rotatable bonds is 0. The molecule has 0 aromatic carbocycles. The summed E-state index contributed by atoms with van der Waals surface area (Å²) in [5, 5.41) is 0. The molecule has 56 valence electrons. The van der Waals surface area contributed by atoms with Crippen molar-refractivity contribution in [1.29, 1.82) is 0 Å². The van der Waals surface area contributed by atoms with Crippen LogP contribution < -0.4 is 0 Å². The summed E-state index contributed by atoms with van der Waals surface area (Å²) in [7, 11) is 0. The summed E-state index contributed by atoms with van der Waals surface area (Å²) in [5.41, 5.74) is 0. The fourth-order valence-electron chi connectivity index (χ4n) is 0.646. The van der Waals surface area contributed by atoms with E-state index < -0.39 is 0 Å². The molecule has 0 atom stereocenters. The molecule has 1 aliphatic carbocycles. The number of hydrogen-bond donors (Lipinski definition) is 0. The van der Waals surface area contributed by atoms with Gasteiger partial charge in [-0.3, -0.25) is 9.97 Å². The molecule has 0 saturated heterocycles. The van der Waals surface area contributed by atoms with E-state index in [-0.39, 0.29) is 0 Å². The van der Waals surface area contributed by atoms with Gasteiger partial charge < -0.3 is 0 Å². The topological polar surface area (TPSA) is 25.8 Å². The first kappa shape index (κ1) is 7.66. The van der Waals surface area contributed by atoms with E-state index in [1.807, 2.05) is 0 Å². The Balaban J connectivity index is 0.000000112. The van der Waals surface area contributed by atoms with E-state index >= 15 is 0 Å². The molecule has 0 amide bonds. The summed E-state index contributed by atoms with van der Waals surface area (Å²) in [5.74, 6) is 0. The Morgan fingerprint density at radius 3 is 1.36 bits per heavy atom. The van der Waals surface area contributed by atoms with Gasteiger partial charge in [-0.2, -0.15) is 0 Å². The summed E-state index contributed by atoms with van der Waals surface area (Å²) in [6.07, 6.45) is 16.1. The average molecular weight is 146 g/mol. The molecule has 1 heterocycles. The Kier molecular flexibility index (Phi) is 3.73. The van der Waals surface area contributed by atoms with Crippen LogP contribution in [0.5, 0.6) is 0 Å². The van der Waals surface area contributed by atoms with E-state index in [4.69, 9.17) is 0 Å². The van der Waals surface area contributed by atoms with Crippen molar-refractivity contribution in [2.45, 2.75) is 6.42 Å². The molecule has 0 radical (unpaired) electrons. The van der Waals surface area contributed by atoms with Crippen molar-refractivity contribution >= 4 is 0 Å². The smallest absolute Gasteiger partial charge is 0.0451 e. The summed E-state index contributed by atoms with van der Waals surface area (Å²) >= 11 is 0. The highest BCUT2D eigenvalue weighted by Gasteiger charge is 1.72. The molecule has 1 aromatic rings. The third-order valence-electron chi connectivity index (χ3n) is 1.13. The van der Waals surface area contributed by atoms with E-state index in [0.29, 0.717) is 0 Å². The zero-order valence-electron chi connectivity index (χ0n) is 6.22. The van der Waals surface area contributed by atoms with Crippen LogP contribution >= 0.6 is 0 Å². The Morgan fingerprint density at radius 2 is 1.18 bits per heavy atom. The van der Waals surface area contributed by atoms with Crippen molar-refractivity contribution in [3.8, 4) is 0 Å². The molecule has 0 aliphatic heterocycles. The molecule has 0 N–H and O–H groups in total. The lowest BCUT2D eigenvalue weighted by Crippen LogP contribution is -1.66. The van der Waals surface area contributed by atoms with Gasteiger partial charge in [0.2, 0.25) is 0 Å². The molecule has 0 saturated carbocycles. The zero-order chi connectivity index (χ0) is 7.78. The second-order valence-corrected chi connectivity index (χ2v) is 1.99. The van der Waals surface area contributed by atoms with Crippen LogP contribution in [0.15, 0.2) is 49.1 Å². The fraction of sp³-hybridized carbons (Fsp3) is 0.111. The third kappa shape index (κ3) is 4.03. The molecule has 1 aliphatic rings. The van der Waals surface area contributed by atoms with Gasteiger partial charge in [-0.25, -0.2) is 0 Å². The predicted molar refractivity (Wildman–Crippen MR) is 44.9 cm³/mol. The van der Waals surface area contributed by atoms with Crippen molar-refractivity contribution in [3.05, 3.63) is 49.1 Å². The molecule has 2 nitrogen and oxygen atoms in total. The maximum atomic E-state index is 3.72. The number of hydrogen-bond acceptors (Lipinski definition) is 2. The highest BCUT2D eigenvalue weighted by atomic mass is 14.7. The van der Waals surface area contributed by atoms with Crippen molar-refractivity contribution < 1.29 is 0 Å². The van der Waals surface area contributed by atoms with Gasteiger partial charge in [0.15, 0.2) is 0 Å². The minimum Gasteiger partial charge on any atom is -0.262 e. The molecule has 0 unspecified atom stereocenters. The van der Waals surface area contributed by atoms with E-state index in [1.54, 1.807) is 24.8 Å². The predicted octanol–water partition coefficient (Wildman–Crippen LogP) is 1.98. The first-order valence-corrected chi connectivity index (χ1v) is 3.52. The maximum Gasteiger partial charge on any atom is 0.0451 e.